The molecule has 1 unspecified atom stereocenters. The molecule has 1 aromatic rings. The molecule has 1 N–H and O–H groups in total. The summed E-state index contributed by atoms with van der Waals surface area (Å²) in [7, 11) is 3.91. The number of ether oxygens (including phenoxy) is 1. The number of methoxy groups -OCH3 is 1. The quantitative estimate of drug-likeness (QED) is 0.883. The minimum Gasteiger partial charge on any atom is -0.495 e. The zero-order valence-corrected chi connectivity index (χ0v) is 12.6. The minimum absolute atomic E-state index is 0.833. The molecule has 0 spiro atoms. The molecular formula is C16H26N2O. The molecule has 0 amide bonds. The van der Waals surface area contributed by atoms with Crippen LogP contribution >= 0.6 is 0 Å². The maximum absolute atomic E-state index is 5.52. The summed E-state index contributed by atoms with van der Waals surface area (Å²) >= 11 is 0. The van der Waals surface area contributed by atoms with E-state index in [1.54, 1.807) is 7.11 Å². The van der Waals surface area contributed by atoms with Gasteiger partial charge in [0.15, 0.2) is 0 Å². The maximum Gasteiger partial charge on any atom is 0.142 e. The second kappa shape index (κ2) is 6.29. The fourth-order valence-corrected chi connectivity index (χ4v) is 2.69. The number of benzene rings is 1. The van der Waals surface area contributed by atoms with E-state index in [2.05, 4.69) is 43.2 Å². The zero-order chi connectivity index (χ0) is 13.8. The van der Waals surface area contributed by atoms with Crippen molar-refractivity contribution in [3.05, 3.63) is 23.3 Å². The highest BCUT2D eigenvalue weighted by molar-refractivity contribution is 5.61. The Labute approximate surface area is 116 Å². The SMILES string of the molecule is COc1cc(C)c(C)cc1N(C)CCC1CCNC1. The smallest absolute Gasteiger partial charge is 0.142 e. The molecule has 1 aliphatic rings. The van der Waals surface area contributed by atoms with E-state index in [0.29, 0.717) is 0 Å². The Bertz CT molecular complexity index is 425. The summed E-state index contributed by atoms with van der Waals surface area (Å²) in [4.78, 5) is 2.32. The number of rotatable bonds is 5. The van der Waals surface area contributed by atoms with E-state index in [4.69, 9.17) is 4.74 Å². The third kappa shape index (κ3) is 3.41. The van der Waals surface area contributed by atoms with Gasteiger partial charge in [-0.05, 0) is 69.0 Å². The van der Waals surface area contributed by atoms with Gasteiger partial charge in [-0.3, -0.25) is 0 Å². The van der Waals surface area contributed by atoms with Crippen LogP contribution in [0.3, 0.4) is 0 Å². The zero-order valence-electron chi connectivity index (χ0n) is 12.6. The first-order valence-corrected chi connectivity index (χ1v) is 7.19. The van der Waals surface area contributed by atoms with E-state index < -0.39 is 0 Å². The number of nitrogens with zero attached hydrogens (tertiary/aromatic N) is 1. The summed E-state index contributed by atoms with van der Waals surface area (Å²) in [5.74, 6) is 1.81. The summed E-state index contributed by atoms with van der Waals surface area (Å²) in [5.41, 5.74) is 3.82. The van der Waals surface area contributed by atoms with Crippen LogP contribution in [0.15, 0.2) is 12.1 Å². The predicted molar refractivity (Wildman–Crippen MR) is 81.3 cm³/mol. The van der Waals surface area contributed by atoms with Gasteiger partial charge in [-0.25, -0.2) is 0 Å². The lowest BCUT2D eigenvalue weighted by Crippen LogP contribution is -2.22. The van der Waals surface area contributed by atoms with Gasteiger partial charge in [-0.15, -0.1) is 0 Å². The van der Waals surface area contributed by atoms with Gasteiger partial charge in [0.2, 0.25) is 0 Å². The highest BCUT2D eigenvalue weighted by Crippen LogP contribution is 2.31. The number of hydrogen-bond donors (Lipinski definition) is 1. The van der Waals surface area contributed by atoms with Gasteiger partial charge >= 0.3 is 0 Å². The Morgan fingerprint density at radius 2 is 2.05 bits per heavy atom. The topological polar surface area (TPSA) is 24.5 Å². The Kier molecular flexibility index (Phi) is 4.70. The van der Waals surface area contributed by atoms with E-state index >= 15 is 0 Å². The lowest BCUT2D eigenvalue weighted by Gasteiger charge is -2.24. The molecular weight excluding hydrogens is 236 g/mol. The molecule has 1 aromatic carbocycles. The van der Waals surface area contributed by atoms with Crippen LogP contribution in [0.4, 0.5) is 5.69 Å². The first kappa shape index (κ1) is 14.2. The molecule has 2 rings (SSSR count). The van der Waals surface area contributed by atoms with E-state index in [1.165, 1.54) is 42.7 Å². The fourth-order valence-electron chi connectivity index (χ4n) is 2.69. The second-order valence-electron chi connectivity index (χ2n) is 5.68. The third-order valence-electron chi connectivity index (χ3n) is 4.24. The van der Waals surface area contributed by atoms with Crippen molar-refractivity contribution < 1.29 is 4.74 Å². The van der Waals surface area contributed by atoms with Gasteiger partial charge in [-0.1, -0.05) is 0 Å². The van der Waals surface area contributed by atoms with Crippen molar-refractivity contribution in [1.29, 1.82) is 0 Å². The summed E-state index contributed by atoms with van der Waals surface area (Å²) in [6, 6.07) is 4.37. The molecule has 0 aliphatic carbocycles. The van der Waals surface area contributed by atoms with Crippen LogP contribution in [-0.4, -0.2) is 33.8 Å². The third-order valence-corrected chi connectivity index (χ3v) is 4.24. The largest absolute Gasteiger partial charge is 0.495 e. The molecule has 0 bridgehead atoms. The van der Waals surface area contributed by atoms with E-state index in [1.807, 2.05) is 0 Å². The molecule has 0 radical (unpaired) electrons. The van der Waals surface area contributed by atoms with Gasteiger partial charge in [0.25, 0.3) is 0 Å². The Hall–Kier alpha value is -1.22. The van der Waals surface area contributed by atoms with Gasteiger partial charge in [0.1, 0.15) is 5.75 Å². The lowest BCUT2D eigenvalue weighted by molar-refractivity contribution is 0.413. The standard InChI is InChI=1S/C16H26N2O/c1-12-9-15(16(19-4)10-13(12)2)18(3)8-6-14-5-7-17-11-14/h9-10,14,17H,5-8,11H2,1-4H3. The average molecular weight is 262 g/mol. The van der Waals surface area contributed by atoms with Crippen LogP contribution in [0.5, 0.6) is 5.75 Å². The molecule has 3 heteroatoms. The van der Waals surface area contributed by atoms with Gasteiger partial charge in [0, 0.05) is 13.6 Å². The van der Waals surface area contributed by atoms with Crippen LogP contribution in [0.25, 0.3) is 0 Å². The average Bonchev–Trinajstić information content (AvgIpc) is 2.91. The van der Waals surface area contributed by atoms with Gasteiger partial charge in [0.05, 0.1) is 12.8 Å². The lowest BCUT2D eigenvalue weighted by atomic mass is 10.0. The number of anilines is 1. The number of aryl methyl sites for hydroxylation is 2. The summed E-state index contributed by atoms with van der Waals surface area (Å²) in [6.45, 7) is 7.74. The van der Waals surface area contributed by atoms with E-state index in [0.717, 1.165) is 18.2 Å². The molecule has 0 aromatic heterocycles. The number of nitrogens with one attached hydrogen (secondary N) is 1. The minimum atomic E-state index is 0.833. The summed E-state index contributed by atoms with van der Waals surface area (Å²) in [6.07, 6.45) is 2.57. The monoisotopic (exact) mass is 262 g/mol. The van der Waals surface area contributed by atoms with Crippen molar-refractivity contribution in [2.75, 3.05) is 38.7 Å². The van der Waals surface area contributed by atoms with Crippen molar-refractivity contribution >= 4 is 5.69 Å². The first-order valence-electron chi connectivity index (χ1n) is 7.19. The van der Waals surface area contributed by atoms with E-state index in [9.17, 15) is 0 Å². The Morgan fingerprint density at radius 1 is 1.32 bits per heavy atom. The predicted octanol–water partition coefficient (Wildman–Crippen LogP) is 2.75. The van der Waals surface area contributed by atoms with Gasteiger partial charge < -0.3 is 15.0 Å². The highest BCUT2D eigenvalue weighted by Gasteiger charge is 2.16. The van der Waals surface area contributed by atoms with Gasteiger partial charge in [-0.2, -0.15) is 0 Å². The van der Waals surface area contributed by atoms with Crippen molar-refractivity contribution in [3.63, 3.8) is 0 Å². The summed E-state index contributed by atoms with van der Waals surface area (Å²) < 4.78 is 5.52. The molecule has 1 fully saturated rings. The molecule has 106 valence electrons. The molecule has 1 saturated heterocycles. The maximum atomic E-state index is 5.52. The van der Waals surface area contributed by atoms with Crippen LogP contribution in [0, 0.1) is 19.8 Å². The van der Waals surface area contributed by atoms with Crippen LogP contribution in [-0.2, 0) is 0 Å². The number of hydrogen-bond acceptors (Lipinski definition) is 3. The molecule has 1 atom stereocenters. The second-order valence-corrected chi connectivity index (χ2v) is 5.68. The fraction of sp³-hybridized carbons (Fsp3) is 0.625. The van der Waals surface area contributed by atoms with Crippen molar-refractivity contribution in [2.24, 2.45) is 5.92 Å². The van der Waals surface area contributed by atoms with Crippen LogP contribution in [0.1, 0.15) is 24.0 Å². The van der Waals surface area contributed by atoms with Crippen molar-refractivity contribution in [3.8, 4) is 5.75 Å². The van der Waals surface area contributed by atoms with Crippen LogP contribution in [0.2, 0.25) is 0 Å². The Morgan fingerprint density at radius 3 is 2.68 bits per heavy atom. The first-order chi connectivity index (χ1) is 9.11. The van der Waals surface area contributed by atoms with E-state index in [-0.39, 0.29) is 0 Å². The molecule has 19 heavy (non-hydrogen) atoms. The Balaban J connectivity index is 2.04. The molecule has 1 aliphatic heterocycles. The van der Waals surface area contributed by atoms with Crippen molar-refractivity contribution in [1.82, 2.24) is 5.32 Å². The van der Waals surface area contributed by atoms with Crippen molar-refractivity contribution in [2.45, 2.75) is 26.7 Å². The molecule has 0 saturated carbocycles. The highest BCUT2D eigenvalue weighted by atomic mass is 16.5. The summed E-state index contributed by atoms with van der Waals surface area (Å²) in [5, 5.41) is 3.43. The molecule has 3 nitrogen and oxygen atoms in total. The molecule has 1 heterocycles. The normalized spacial score (nSPS) is 18.6. The van der Waals surface area contributed by atoms with Crippen LogP contribution < -0.4 is 15.0 Å².